The summed E-state index contributed by atoms with van der Waals surface area (Å²) in [5.41, 5.74) is 0. The number of hydrogen-bond donors (Lipinski definition) is 3. The third-order valence-electron chi connectivity index (χ3n) is 1.62. The Kier molecular flexibility index (Phi) is 2.42. The summed E-state index contributed by atoms with van der Waals surface area (Å²) < 4.78 is 10.7. The van der Waals surface area contributed by atoms with Gasteiger partial charge in [-0.2, -0.15) is 0 Å². The lowest BCUT2D eigenvalue weighted by Gasteiger charge is -2.29. The van der Waals surface area contributed by atoms with Gasteiger partial charge < -0.3 is 20.0 Å². The fourth-order valence-electron chi connectivity index (χ4n) is 0.990. The van der Waals surface area contributed by atoms with Crippen molar-refractivity contribution in [3.63, 3.8) is 0 Å². The van der Waals surface area contributed by atoms with E-state index < -0.39 is 25.2 Å². The van der Waals surface area contributed by atoms with Gasteiger partial charge in [-0.1, -0.05) is 0 Å². The van der Waals surface area contributed by atoms with Crippen molar-refractivity contribution in [3.05, 3.63) is 0 Å². The highest BCUT2D eigenvalue weighted by atomic mass is 31.2. The molecule has 1 saturated heterocycles. The summed E-state index contributed by atoms with van der Waals surface area (Å²) >= 11 is 0. The third kappa shape index (κ3) is 2.06. The van der Waals surface area contributed by atoms with Crippen molar-refractivity contribution in [2.45, 2.75) is 5.78 Å². The molecule has 1 aliphatic heterocycles. The summed E-state index contributed by atoms with van der Waals surface area (Å²) in [7, 11) is -3.29. The highest BCUT2D eigenvalue weighted by molar-refractivity contribution is 7.53. The third-order valence-corrected chi connectivity index (χ3v) is 2.65. The lowest BCUT2D eigenvalue weighted by Crippen LogP contribution is -2.56. The van der Waals surface area contributed by atoms with E-state index in [-0.39, 0.29) is 6.54 Å². The van der Waals surface area contributed by atoms with Crippen LogP contribution in [0.5, 0.6) is 0 Å². The van der Waals surface area contributed by atoms with Crippen molar-refractivity contribution in [1.29, 1.82) is 0 Å². The van der Waals surface area contributed by atoms with Crippen LogP contribution >= 0.6 is 7.60 Å². The minimum atomic E-state index is -4.60. The summed E-state index contributed by atoms with van der Waals surface area (Å²) in [4.78, 5) is 40.3. The fourth-order valence-corrected chi connectivity index (χ4v) is 1.79. The van der Waals surface area contributed by atoms with Gasteiger partial charge in [0.05, 0.1) is 6.54 Å². The first-order chi connectivity index (χ1) is 5.82. The van der Waals surface area contributed by atoms with Crippen LogP contribution in [-0.4, -0.2) is 45.9 Å². The van der Waals surface area contributed by atoms with Gasteiger partial charge in [0.2, 0.25) is 11.7 Å². The standard InChI is InChI=1S/C5H9N2O5P/c1-7-2-3(8)6-4(5(7)9)13(10,11)12/h4H,2H2,1H3,(H,6,8)(H2,10,11,12). The number of rotatable bonds is 1. The first-order valence-corrected chi connectivity index (χ1v) is 5.10. The largest absolute Gasteiger partial charge is 0.357 e. The Bertz CT molecular complexity index is 297. The molecule has 2 amide bonds. The van der Waals surface area contributed by atoms with Crippen molar-refractivity contribution < 1.29 is 23.9 Å². The lowest BCUT2D eigenvalue weighted by atomic mass is 10.4. The summed E-state index contributed by atoms with van der Waals surface area (Å²) in [5, 5.41) is 1.94. The molecule has 1 rings (SSSR count). The topological polar surface area (TPSA) is 107 Å². The SMILES string of the molecule is CN1CC(=O)NC(P(=O)(O)O)C1=O. The molecule has 0 spiro atoms. The number of amides is 2. The summed E-state index contributed by atoms with van der Waals surface area (Å²) in [6.45, 7) is -0.171. The van der Waals surface area contributed by atoms with Crippen LogP contribution in [0.25, 0.3) is 0 Å². The molecular formula is C5H9N2O5P. The molecule has 0 aliphatic carbocycles. The van der Waals surface area contributed by atoms with Crippen LogP contribution in [0.15, 0.2) is 0 Å². The van der Waals surface area contributed by atoms with E-state index in [2.05, 4.69) is 0 Å². The molecule has 13 heavy (non-hydrogen) atoms. The summed E-state index contributed by atoms with van der Waals surface area (Å²) in [6.07, 6.45) is 0. The number of piperazine rings is 1. The second-order valence-corrected chi connectivity index (χ2v) is 4.45. The molecule has 1 atom stereocenters. The van der Waals surface area contributed by atoms with Gasteiger partial charge in [0, 0.05) is 7.05 Å². The Hall–Kier alpha value is -0.910. The Morgan fingerprint density at radius 2 is 2.08 bits per heavy atom. The molecule has 0 radical (unpaired) electrons. The van der Waals surface area contributed by atoms with Gasteiger partial charge >= 0.3 is 7.60 Å². The molecule has 74 valence electrons. The second-order valence-electron chi connectivity index (χ2n) is 2.75. The van der Waals surface area contributed by atoms with Crippen molar-refractivity contribution in [2.75, 3.05) is 13.6 Å². The Morgan fingerprint density at radius 3 is 2.54 bits per heavy atom. The monoisotopic (exact) mass is 208 g/mol. The maximum Gasteiger partial charge on any atom is 0.357 e. The number of hydrogen-bond acceptors (Lipinski definition) is 3. The predicted octanol–water partition coefficient (Wildman–Crippen LogP) is -1.92. The van der Waals surface area contributed by atoms with Crippen LogP contribution in [-0.2, 0) is 14.2 Å². The minimum absolute atomic E-state index is 0.171. The van der Waals surface area contributed by atoms with E-state index in [0.29, 0.717) is 0 Å². The Labute approximate surface area is 73.9 Å². The van der Waals surface area contributed by atoms with Crippen molar-refractivity contribution in [1.82, 2.24) is 10.2 Å². The number of carbonyl (C=O) groups is 2. The fraction of sp³-hybridized carbons (Fsp3) is 0.600. The summed E-state index contributed by atoms with van der Waals surface area (Å²) in [6, 6.07) is 0. The molecule has 1 unspecified atom stereocenters. The average Bonchev–Trinajstić information content (AvgIpc) is 1.94. The molecular weight excluding hydrogens is 199 g/mol. The second kappa shape index (κ2) is 3.10. The summed E-state index contributed by atoms with van der Waals surface area (Å²) in [5.74, 6) is -3.07. The van der Waals surface area contributed by atoms with Gasteiger partial charge in [0.1, 0.15) is 0 Å². The van der Waals surface area contributed by atoms with Crippen LogP contribution in [0.3, 0.4) is 0 Å². The van der Waals surface area contributed by atoms with Crippen LogP contribution < -0.4 is 5.32 Å². The van der Waals surface area contributed by atoms with Crippen LogP contribution in [0.1, 0.15) is 0 Å². The van der Waals surface area contributed by atoms with E-state index in [1.165, 1.54) is 7.05 Å². The first kappa shape index (κ1) is 10.2. The van der Waals surface area contributed by atoms with Gasteiger partial charge in [-0.05, 0) is 0 Å². The average molecular weight is 208 g/mol. The van der Waals surface area contributed by atoms with E-state index >= 15 is 0 Å². The zero-order valence-electron chi connectivity index (χ0n) is 6.80. The van der Waals surface area contributed by atoms with Crippen molar-refractivity contribution in [3.8, 4) is 0 Å². The molecule has 0 aromatic heterocycles. The van der Waals surface area contributed by atoms with Gasteiger partial charge in [-0.15, -0.1) is 0 Å². The minimum Gasteiger partial charge on any atom is -0.334 e. The molecule has 0 aromatic carbocycles. The predicted molar refractivity (Wildman–Crippen MR) is 41.6 cm³/mol. The van der Waals surface area contributed by atoms with E-state index in [9.17, 15) is 14.2 Å². The van der Waals surface area contributed by atoms with Gasteiger partial charge in [0.25, 0.3) is 5.91 Å². The number of carbonyl (C=O) groups excluding carboxylic acids is 2. The van der Waals surface area contributed by atoms with Crippen LogP contribution in [0.4, 0.5) is 0 Å². The molecule has 3 N–H and O–H groups in total. The molecule has 0 aromatic rings. The Morgan fingerprint density at radius 1 is 1.54 bits per heavy atom. The van der Waals surface area contributed by atoms with Gasteiger partial charge in [0.15, 0.2) is 0 Å². The lowest BCUT2D eigenvalue weighted by molar-refractivity contribution is -0.140. The molecule has 1 fully saturated rings. The Balaban J connectivity index is 2.91. The first-order valence-electron chi connectivity index (χ1n) is 3.42. The van der Waals surface area contributed by atoms with Gasteiger partial charge in [-0.25, -0.2) is 0 Å². The molecule has 0 saturated carbocycles. The van der Waals surface area contributed by atoms with E-state index in [1.807, 2.05) is 5.32 Å². The highest BCUT2D eigenvalue weighted by Crippen LogP contribution is 2.41. The van der Waals surface area contributed by atoms with E-state index in [0.717, 1.165) is 4.90 Å². The van der Waals surface area contributed by atoms with Crippen LogP contribution in [0.2, 0.25) is 0 Å². The molecule has 0 bridgehead atoms. The smallest absolute Gasteiger partial charge is 0.334 e. The zero-order chi connectivity index (χ0) is 10.2. The maximum atomic E-state index is 11.1. The van der Waals surface area contributed by atoms with Crippen LogP contribution in [0, 0.1) is 0 Å². The molecule has 8 heteroatoms. The number of nitrogens with one attached hydrogen (secondary N) is 1. The normalized spacial score (nSPS) is 24.5. The molecule has 7 nitrogen and oxygen atoms in total. The van der Waals surface area contributed by atoms with Crippen molar-refractivity contribution >= 4 is 19.4 Å². The zero-order valence-corrected chi connectivity index (χ0v) is 7.69. The maximum absolute atomic E-state index is 11.1. The number of nitrogens with zero attached hydrogens (tertiary/aromatic N) is 1. The molecule has 1 heterocycles. The highest BCUT2D eigenvalue weighted by Gasteiger charge is 2.42. The quantitative estimate of drug-likeness (QED) is 0.435. The van der Waals surface area contributed by atoms with Crippen molar-refractivity contribution in [2.24, 2.45) is 0 Å². The van der Waals surface area contributed by atoms with E-state index in [1.54, 1.807) is 0 Å². The van der Waals surface area contributed by atoms with E-state index in [4.69, 9.17) is 9.79 Å². The number of likely N-dealkylation sites (N-methyl/N-ethyl adjacent to an activating group) is 1. The van der Waals surface area contributed by atoms with Gasteiger partial charge in [-0.3, -0.25) is 14.2 Å². The molecule has 1 aliphatic rings.